The van der Waals surface area contributed by atoms with Crippen molar-refractivity contribution in [3.05, 3.63) is 53.1 Å². The highest BCUT2D eigenvalue weighted by Crippen LogP contribution is 2.22. The molecule has 2 N–H and O–H groups in total. The van der Waals surface area contributed by atoms with E-state index in [2.05, 4.69) is 29.4 Å². The second-order valence-corrected chi connectivity index (χ2v) is 6.02. The molecular weight excluding hydrogens is 338 g/mol. The van der Waals surface area contributed by atoms with Gasteiger partial charge in [-0.25, -0.2) is 0 Å². The summed E-state index contributed by atoms with van der Waals surface area (Å²) in [7, 11) is 0. The Kier molecular flexibility index (Phi) is 6.42. The third-order valence-electron chi connectivity index (χ3n) is 3.90. The van der Waals surface area contributed by atoms with Gasteiger partial charge in [-0.15, -0.1) is 0 Å². The molecule has 0 bridgehead atoms. The van der Waals surface area contributed by atoms with E-state index in [4.69, 9.17) is 11.6 Å². The van der Waals surface area contributed by atoms with E-state index in [0.717, 1.165) is 24.3 Å². The van der Waals surface area contributed by atoms with Crippen molar-refractivity contribution >= 4 is 40.5 Å². The Labute approximate surface area is 153 Å². The molecule has 132 valence electrons. The number of carbonyl (C=O) groups excluding carboxylic acids is 2. The highest BCUT2D eigenvalue weighted by Gasteiger charge is 2.15. The molecule has 2 amide bonds. The number of nitrogens with one attached hydrogen (secondary N) is 2. The average Bonchev–Trinajstić information content (AvgIpc) is 2.60. The first-order valence-electron chi connectivity index (χ1n) is 8.18. The fourth-order valence-electron chi connectivity index (χ4n) is 2.47. The third kappa shape index (κ3) is 4.97. The summed E-state index contributed by atoms with van der Waals surface area (Å²) >= 11 is 5.80. The molecule has 25 heavy (non-hydrogen) atoms. The minimum absolute atomic E-state index is 0.512. The lowest BCUT2D eigenvalue weighted by molar-refractivity contribution is -0.133. The summed E-state index contributed by atoms with van der Waals surface area (Å²) < 4.78 is 0. The highest BCUT2D eigenvalue weighted by molar-refractivity contribution is 6.43. The predicted octanol–water partition coefficient (Wildman–Crippen LogP) is 4.07. The van der Waals surface area contributed by atoms with Gasteiger partial charge < -0.3 is 15.5 Å². The van der Waals surface area contributed by atoms with Gasteiger partial charge in [0.1, 0.15) is 0 Å². The maximum absolute atomic E-state index is 12.1. The summed E-state index contributed by atoms with van der Waals surface area (Å²) in [5, 5.41) is 5.75. The molecule has 5 nitrogen and oxygen atoms in total. The fourth-order valence-corrected chi connectivity index (χ4v) is 2.60. The normalized spacial score (nSPS) is 10.2. The van der Waals surface area contributed by atoms with Crippen LogP contribution in [0.5, 0.6) is 0 Å². The molecule has 0 atom stereocenters. The standard InChI is InChI=1S/C19H22ClN3O2/c1-4-23(5-2)16-10-11-17(13(3)12-16)22-19(25)18(24)21-15-8-6-14(20)7-9-15/h6-12H,4-5H2,1-3H3,(H,21,24)(H,22,25). The number of hydrogen-bond donors (Lipinski definition) is 2. The van der Waals surface area contributed by atoms with Gasteiger partial charge in [0, 0.05) is 35.2 Å². The van der Waals surface area contributed by atoms with Crippen molar-refractivity contribution in [2.75, 3.05) is 28.6 Å². The van der Waals surface area contributed by atoms with Crippen LogP contribution in [-0.4, -0.2) is 24.9 Å². The van der Waals surface area contributed by atoms with Gasteiger partial charge >= 0.3 is 11.8 Å². The molecule has 0 aromatic heterocycles. The van der Waals surface area contributed by atoms with Crippen LogP contribution in [0.2, 0.25) is 5.02 Å². The van der Waals surface area contributed by atoms with Gasteiger partial charge in [0.15, 0.2) is 0 Å². The Hall–Kier alpha value is -2.53. The lowest BCUT2D eigenvalue weighted by atomic mass is 10.1. The Morgan fingerprint density at radius 3 is 2.12 bits per heavy atom. The van der Waals surface area contributed by atoms with Crippen molar-refractivity contribution < 1.29 is 9.59 Å². The van der Waals surface area contributed by atoms with Crippen molar-refractivity contribution in [2.24, 2.45) is 0 Å². The molecule has 0 saturated carbocycles. The van der Waals surface area contributed by atoms with E-state index in [-0.39, 0.29) is 0 Å². The molecule has 0 heterocycles. The van der Waals surface area contributed by atoms with Gasteiger partial charge in [-0.3, -0.25) is 9.59 Å². The van der Waals surface area contributed by atoms with Crippen molar-refractivity contribution in [1.82, 2.24) is 0 Å². The van der Waals surface area contributed by atoms with Gasteiger partial charge in [-0.1, -0.05) is 11.6 Å². The average molecular weight is 360 g/mol. The zero-order valence-electron chi connectivity index (χ0n) is 14.6. The molecule has 0 spiro atoms. The van der Waals surface area contributed by atoms with E-state index < -0.39 is 11.8 Å². The Morgan fingerprint density at radius 1 is 0.960 bits per heavy atom. The Bertz CT molecular complexity index is 756. The molecule has 0 radical (unpaired) electrons. The predicted molar refractivity (Wildman–Crippen MR) is 103 cm³/mol. The number of carbonyl (C=O) groups is 2. The van der Waals surface area contributed by atoms with Crippen molar-refractivity contribution in [1.29, 1.82) is 0 Å². The van der Waals surface area contributed by atoms with Crippen LogP contribution in [0.3, 0.4) is 0 Å². The largest absolute Gasteiger partial charge is 0.372 e. The van der Waals surface area contributed by atoms with E-state index in [1.54, 1.807) is 24.3 Å². The smallest absolute Gasteiger partial charge is 0.314 e. The summed E-state index contributed by atoms with van der Waals surface area (Å²) in [6, 6.07) is 12.3. The lowest BCUT2D eigenvalue weighted by Crippen LogP contribution is -2.29. The van der Waals surface area contributed by atoms with Gasteiger partial charge in [-0.2, -0.15) is 0 Å². The SMILES string of the molecule is CCN(CC)c1ccc(NC(=O)C(=O)Nc2ccc(Cl)cc2)c(C)c1. The van der Waals surface area contributed by atoms with E-state index in [0.29, 0.717) is 16.4 Å². The number of nitrogens with zero attached hydrogens (tertiary/aromatic N) is 1. The van der Waals surface area contributed by atoms with Crippen LogP contribution in [-0.2, 0) is 9.59 Å². The maximum atomic E-state index is 12.1. The molecule has 0 aliphatic heterocycles. The monoisotopic (exact) mass is 359 g/mol. The Morgan fingerprint density at radius 2 is 1.56 bits per heavy atom. The topological polar surface area (TPSA) is 61.4 Å². The minimum Gasteiger partial charge on any atom is -0.372 e. The van der Waals surface area contributed by atoms with E-state index in [1.165, 1.54) is 0 Å². The molecule has 2 aromatic rings. The van der Waals surface area contributed by atoms with Crippen molar-refractivity contribution in [3.8, 4) is 0 Å². The molecule has 2 rings (SSSR count). The number of hydrogen-bond acceptors (Lipinski definition) is 3. The van der Waals surface area contributed by atoms with Gasteiger partial charge in [0.2, 0.25) is 0 Å². The molecule has 0 fully saturated rings. The summed E-state index contributed by atoms with van der Waals surface area (Å²) in [6.45, 7) is 7.90. The first-order chi connectivity index (χ1) is 11.9. The van der Waals surface area contributed by atoms with Crippen LogP contribution in [0.1, 0.15) is 19.4 Å². The maximum Gasteiger partial charge on any atom is 0.314 e. The number of anilines is 3. The number of rotatable bonds is 5. The van der Waals surface area contributed by atoms with Gasteiger partial charge in [0.05, 0.1) is 0 Å². The van der Waals surface area contributed by atoms with Crippen molar-refractivity contribution in [3.63, 3.8) is 0 Å². The quantitative estimate of drug-likeness (QED) is 0.791. The molecule has 0 unspecified atom stereocenters. The molecule has 0 saturated heterocycles. The first kappa shape index (κ1) is 18.8. The first-order valence-corrected chi connectivity index (χ1v) is 8.55. The lowest BCUT2D eigenvalue weighted by Gasteiger charge is -2.22. The summed E-state index contributed by atoms with van der Waals surface area (Å²) in [5.41, 5.74) is 3.12. The summed E-state index contributed by atoms with van der Waals surface area (Å²) in [4.78, 5) is 26.3. The highest BCUT2D eigenvalue weighted by atomic mass is 35.5. The van der Waals surface area contributed by atoms with Crippen LogP contribution in [0.4, 0.5) is 17.1 Å². The van der Waals surface area contributed by atoms with E-state index in [1.807, 2.05) is 25.1 Å². The van der Waals surface area contributed by atoms with E-state index in [9.17, 15) is 9.59 Å². The summed E-state index contributed by atoms with van der Waals surface area (Å²) in [6.07, 6.45) is 0. The second kappa shape index (κ2) is 8.53. The minimum atomic E-state index is -0.727. The van der Waals surface area contributed by atoms with E-state index >= 15 is 0 Å². The molecule has 2 aromatic carbocycles. The van der Waals surface area contributed by atoms with Crippen molar-refractivity contribution in [2.45, 2.75) is 20.8 Å². The van der Waals surface area contributed by atoms with Crippen LogP contribution < -0.4 is 15.5 Å². The third-order valence-corrected chi connectivity index (χ3v) is 4.15. The Balaban J connectivity index is 2.04. The number of aryl methyl sites for hydroxylation is 1. The number of halogens is 1. The fraction of sp³-hybridized carbons (Fsp3) is 0.263. The number of benzene rings is 2. The van der Waals surface area contributed by atoms with Gasteiger partial charge in [-0.05, 0) is 68.8 Å². The van der Waals surface area contributed by atoms with Crippen LogP contribution in [0.25, 0.3) is 0 Å². The zero-order valence-corrected chi connectivity index (χ0v) is 15.4. The van der Waals surface area contributed by atoms with Crippen LogP contribution >= 0.6 is 11.6 Å². The zero-order chi connectivity index (χ0) is 18.4. The molecule has 0 aliphatic rings. The number of amides is 2. The molecule has 6 heteroatoms. The summed E-state index contributed by atoms with van der Waals surface area (Å²) in [5.74, 6) is -1.44. The van der Waals surface area contributed by atoms with Crippen LogP contribution in [0, 0.1) is 6.92 Å². The molecule has 0 aliphatic carbocycles. The second-order valence-electron chi connectivity index (χ2n) is 5.59. The molecular formula is C19H22ClN3O2. The van der Waals surface area contributed by atoms with Crippen LogP contribution in [0.15, 0.2) is 42.5 Å². The van der Waals surface area contributed by atoms with Gasteiger partial charge in [0.25, 0.3) is 0 Å².